The van der Waals surface area contributed by atoms with Crippen molar-refractivity contribution in [1.29, 1.82) is 0 Å². The second-order valence-corrected chi connectivity index (χ2v) is 6.58. The summed E-state index contributed by atoms with van der Waals surface area (Å²) in [6.45, 7) is 4.77. The van der Waals surface area contributed by atoms with Gasteiger partial charge in [0.1, 0.15) is 0 Å². The Kier molecular flexibility index (Phi) is 4.73. The monoisotopic (exact) mass is 222 g/mol. The zero-order chi connectivity index (χ0) is 11.4. The van der Waals surface area contributed by atoms with Crippen molar-refractivity contribution in [2.24, 2.45) is 23.7 Å². The topological polar surface area (TPSA) is 0 Å². The average Bonchev–Trinajstić information content (AvgIpc) is 3.00. The van der Waals surface area contributed by atoms with Crippen LogP contribution in [0.15, 0.2) is 0 Å². The molecule has 0 aromatic heterocycles. The summed E-state index contributed by atoms with van der Waals surface area (Å²) in [4.78, 5) is 0. The second-order valence-electron chi connectivity index (χ2n) is 6.58. The van der Waals surface area contributed by atoms with Crippen LogP contribution in [0.4, 0.5) is 0 Å². The van der Waals surface area contributed by atoms with Crippen LogP contribution < -0.4 is 0 Å². The molecule has 4 atom stereocenters. The van der Waals surface area contributed by atoms with E-state index in [2.05, 4.69) is 13.8 Å². The van der Waals surface area contributed by atoms with Gasteiger partial charge in [-0.3, -0.25) is 0 Å². The van der Waals surface area contributed by atoms with Crippen LogP contribution in [0.1, 0.15) is 78.1 Å². The Morgan fingerprint density at radius 3 is 2.06 bits per heavy atom. The molecule has 0 saturated heterocycles. The van der Waals surface area contributed by atoms with Crippen molar-refractivity contribution in [2.45, 2.75) is 78.1 Å². The third-order valence-electron chi connectivity index (χ3n) is 5.13. The smallest absolute Gasteiger partial charge is 0.0386 e. The molecule has 0 amide bonds. The molecule has 0 aromatic carbocycles. The van der Waals surface area contributed by atoms with Gasteiger partial charge in [0, 0.05) is 0 Å². The third-order valence-corrected chi connectivity index (χ3v) is 5.13. The SMILES string of the molecule is CCCC1CCCC(CCC2CC2C)CC1. The molecule has 4 unspecified atom stereocenters. The molecule has 16 heavy (non-hydrogen) atoms. The summed E-state index contributed by atoms with van der Waals surface area (Å²) in [7, 11) is 0. The second kappa shape index (κ2) is 6.07. The van der Waals surface area contributed by atoms with E-state index in [0.717, 1.165) is 23.7 Å². The first kappa shape index (κ1) is 12.5. The van der Waals surface area contributed by atoms with Gasteiger partial charge in [0.25, 0.3) is 0 Å². The summed E-state index contributed by atoms with van der Waals surface area (Å²) >= 11 is 0. The molecular formula is C16H30. The standard InChI is InChI=1S/C16H30/c1-3-5-14-6-4-7-15(9-8-14)10-11-16-12-13(16)2/h13-16H,3-12H2,1-2H3. The molecule has 2 saturated carbocycles. The van der Waals surface area contributed by atoms with Crippen LogP contribution in [0.5, 0.6) is 0 Å². The molecule has 0 bridgehead atoms. The quantitative estimate of drug-likeness (QED) is 0.545. The summed E-state index contributed by atoms with van der Waals surface area (Å²) in [6, 6.07) is 0. The molecule has 0 radical (unpaired) electrons. The first-order chi connectivity index (χ1) is 7.79. The molecule has 2 fully saturated rings. The van der Waals surface area contributed by atoms with E-state index in [1.807, 2.05) is 0 Å². The normalized spacial score (nSPS) is 39.4. The highest BCUT2D eigenvalue weighted by Gasteiger charge is 2.32. The van der Waals surface area contributed by atoms with Gasteiger partial charge in [-0.1, -0.05) is 65.2 Å². The fraction of sp³-hybridized carbons (Fsp3) is 1.00. The van der Waals surface area contributed by atoms with Gasteiger partial charge in [-0.25, -0.2) is 0 Å². The van der Waals surface area contributed by atoms with Crippen molar-refractivity contribution in [3.63, 3.8) is 0 Å². The Labute approximate surface area is 102 Å². The minimum Gasteiger partial charge on any atom is -0.0654 e. The highest BCUT2D eigenvalue weighted by Crippen LogP contribution is 2.43. The highest BCUT2D eigenvalue weighted by molar-refractivity contribution is 4.83. The lowest BCUT2D eigenvalue weighted by molar-refractivity contribution is 0.381. The Balaban J connectivity index is 1.63. The van der Waals surface area contributed by atoms with Crippen LogP contribution in [-0.2, 0) is 0 Å². The van der Waals surface area contributed by atoms with Gasteiger partial charge in [-0.15, -0.1) is 0 Å². The third kappa shape index (κ3) is 3.79. The maximum atomic E-state index is 2.43. The number of hydrogen-bond donors (Lipinski definition) is 0. The van der Waals surface area contributed by atoms with Gasteiger partial charge in [-0.2, -0.15) is 0 Å². The van der Waals surface area contributed by atoms with Crippen LogP contribution >= 0.6 is 0 Å². The molecule has 2 rings (SSSR count). The zero-order valence-electron chi connectivity index (χ0n) is 11.4. The molecule has 2 aliphatic rings. The molecule has 0 nitrogen and oxygen atoms in total. The van der Waals surface area contributed by atoms with Crippen molar-refractivity contribution < 1.29 is 0 Å². The van der Waals surface area contributed by atoms with E-state index in [4.69, 9.17) is 0 Å². The molecule has 0 heteroatoms. The largest absolute Gasteiger partial charge is 0.0654 e. The summed E-state index contributed by atoms with van der Waals surface area (Å²) < 4.78 is 0. The van der Waals surface area contributed by atoms with Gasteiger partial charge < -0.3 is 0 Å². The van der Waals surface area contributed by atoms with E-state index in [1.165, 1.54) is 32.1 Å². The van der Waals surface area contributed by atoms with Crippen LogP contribution in [0.3, 0.4) is 0 Å². The van der Waals surface area contributed by atoms with Crippen molar-refractivity contribution in [1.82, 2.24) is 0 Å². The van der Waals surface area contributed by atoms with E-state index < -0.39 is 0 Å². The summed E-state index contributed by atoms with van der Waals surface area (Å²) in [6.07, 6.45) is 15.2. The Morgan fingerprint density at radius 1 is 0.875 bits per heavy atom. The van der Waals surface area contributed by atoms with Crippen LogP contribution in [-0.4, -0.2) is 0 Å². The van der Waals surface area contributed by atoms with Crippen molar-refractivity contribution in [3.05, 3.63) is 0 Å². The van der Waals surface area contributed by atoms with Crippen LogP contribution in [0.2, 0.25) is 0 Å². The zero-order valence-corrected chi connectivity index (χ0v) is 11.4. The molecule has 0 aromatic rings. The Morgan fingerprint density at radius 2 is 1.50 bits per heavy atom. The Hall–Kier alpha value is 0. The molecule has 0 N–H and O–H groups in total. The summed E-state index contributed by atoms with van der Waals surface area (Å²) in [5.74, 6) is 4.36. The maximum absolute atomic E-state index is 2.43. The Bertz CT molecular complexity index is 196. The van der Waals surface area contributed by atoms with Crippen LogP contribution in [0, 0.1) is 23.7 Å². The molecular weight excluding hydrogens is 192 g/mol. The van der Waals surface area contributed by atoms with Crippen molar-refractivity contribution in [3.8, 4) is 0 Å². The predicted octanol–water partition coefficient (Wildman–Crippen LogP) is 5.42. The lowest BCUT2D eigenvalue weighted by Crippen LogP contribution is -2.01. The van der Waals surface area contributed by atoms with Gasteiger partial charge in [0.2, 0.25) is 0 Å². The van der Waals surface area contributed by atoms with Crippen molar-refractivity contribution >= 4 is 0 Å². The fourth-order valence-corrected chi connectivity index (χ4v) is 3.69. The van der Waals surface area contributed by atoms with Gasteiger partial charge in [-0.05, 0) is 36.5 Å². The van der Waals surface area contributed by atoms with Crippen molar-refractivity contribution in [2.75, 3.05) is 0 Å². The molecule has 0 spiro atoms. The molecule has 2 aliphatic carbocycles. The van der Waals surface area contributed by atoms with Gasteiger partial charge >= 0.3 is 0 Å². The molecule has 94 valence electrons. The van der Waals surface area contributed by atoms with E-state index in [0.29, 0.717) is 0 Å². The fourth-order valence-electron chi connectivity index (χ4n) is 3.69. The molecule has 0 aliphatic heterocycles. The maximum Gasteiger partial charge on any atom is -0.0386 e. The van der Waals surface area contributed by atoms with E-state index in [1.54, 1.807) is 32.1 Å². The van der Waals surface area contributed by atoms with E-state index >= 15 is 0 Å². The first-order valence-corrected chi connectivity index (χ1v) is 7.79. The lowest BCUT2D eigenvalue weighted by Gasteiger charge is -2.14. The van der Waals surface area contributed by atoms with Gasteiger partial charge in [0.05, 0.1) is 0 Å². The summed E-state index contributed by atoms with van der Waals surface area (Å²) in [5, 5.41) is 0. The number of hydrogen-bond acceptors (Lipinski definition) is 0. The minimum absolute atomic E-state index is 1.07. The minimum atomic E-state index is 1.07. The summed E-state index contributed by atoms with van der Waals surface area (Å²) in [5.41, 5.74) is 0. The average molecular weight is 222 g/mol. The highest BCUT2D eigenvalue weighted by atomic mass is 14.4. The predicted molar refractivity (Wildman–Crippen MR) is 71.5 cm³/mol. The van der Waals surface area contributed by atoms with Crippen LogP contribution in [0.25, 0.3) is 0 Å². The number of rotatable bonds is 5. The lowest BCUT2D eigenvalue weighted by atomic mass is 9.92. The van der Waals surface area contributed by atoms with E-state index in [9.17, 15) is 0 Å². The first-order valence-electron chi connectivity index (χ1n) is 7.79. The van der Waals surface area contributed by atoms with Gasteiger partial charge in [0.15, 0.2) is 0 Å². The molecule has 0 heterocycles. The van der Waals surface area contributed by atoms with E-state index in [-0.39, 0.29) is 0 Å².